The number of phenolic OH excluding ortho intramolecular Hbond substituents is 1. The van der Waals surface area contributed by atoms with Crippen LogP contribution in [0.5, 0.6) is 5.75 Å². The first-order chi connectivity index (χ1) is 66.6. The number of para-hydroxylation sites is 2. The molecule has 47 nitrogen and oxygen atoms in total. The normalized spacial score (nSPS) is 24.6. The van der Waals surface area contributed by atoms with Gasteiger partial charge in [-0.3, -0.25) is 101 Å². The number of carbonyl (C=O) groups is 19. The van der Waals surface area contributed by atoms with Crippen molar-refractivity contribution >= 4 is 158 Å². The molecule has 140 heavy (non-hydrogen) atoms. The second-order valence-electron chi connectivity index (χ2n) is 35.0. The van der Waals surface area contributed by atoms with Crippen molar-refractivity contribution in [2.45, 2.75) is 234 Å². The molecular formula is C92H125N23O24S. The van der Waals surface area contributed by atoms with Gasteiger partial charge in [-0.2, -0.15) is 0 Å². The second-order valence-corrected chi connectivity index (χ2v) is 36.1. The maximum atomic E-state index is 15.9. The van der Waals surface area contributed by atoms with Crippen molar-refractivity contribution in [1.29, 1.82) is 5.41 Å². The highest BCUT2D eigenvalue weighted by Gasteiger charge is 2.47. The highest BCUT2D eigenvalue weighted by Crippen LogP contribution is 2.29. The van der Waals surface area contributed by atoms with Crippen LogP contribution in [0.4, 0.5) is 0 Å². The Balaban J connectivity index is 1.12. The van der Waals surface area contributed by atoms with E-state index in [0.29, 0.717) is 51.3 Å². The van der Waals surface area contributed by atoms with Crippen LogP contribution in [0.1, 0.15) is 134 Å². The molecule has 0 saturated carbocycles. The molecule has 24 N–H and O–H groups in total. The summed E-state index contributed by atoms with van der Waals surface area (Å²) in [5.41, 5.74) is 19.1. The van der Waals surface area contributed by atoms with E-state index in [9.17, 15) is 83.1 Å². The summed E-state index contributed by atoms with van der Waals surface area (Å²) in [6.07, 6.45) is 1.19. The number of carboxylic acid groups (broad SMARTS) is 2. The number of unbranched alkanes of at least 4 members (excludes halogenated alkanes) is 2. The van der Waals surface area contributed by atoms with Gasteiger partial charge in [0.15, 0.2) is 5.96 Å². The van der Waals surface area contributed by atoms with Crippen LogP contribution in [0.15, 0.2) is 102 Å². The number of aliphatic imine (C=N–C) groups is 1. The van der Waals surface area contributed by atoms with Gasteiger partial charge in [0, 0.05) is 125 Å². The average Bonchev–Trinajstić information content (AvgIpc) is 1.63. The summed E-state index contributed by atoms with van der Waals surface area (Å²) in [4.78, 5) is 288. The average molecular weight is 1970 g/mol. The first-order valence-corrected chi connectivity index (χ1v) is 47.2. The number of thioether (sulfide) groups is 1. The Morgan fingerprint density at radius 1 is 0.557 bits per heavy atom. The quantitative estimate of drug-likeness (QED) is 0.0128. The van der Waals surface area contributed by atoms with Gasteiger partial charge in [0.2, 0.25) is 100 Å². The van der Waals surface area contributed by atoms with Crippen LogP contribution in [0, 0.1) is 5.41 Å². The monoisotopic (exact) mass is 1970 g/mol. The minimum Gasteiger partial charge on any atom is -0.508 e. The van der Waals surface area contributed by atoms with E-state index in [1.54, 1.807) is 62.4 Å². The smallest absolute Gasteiger partial charge is 0.323 e. The number of guanidine groups is 1. The number of rotatable bonds is 28. The molecule has 9 rings (SSSR count). The van der Waals surface area contributed by atoms with Crippen molar-refractivity contribution in [1.82, 2.24) is 92.5 Å². The number of phenols is 1. The Labute approximate surface area is 809 Å². The molecule has 758 valence electrons. The Kier molecular flexibility index (Phi) is 40.3. The Morgan fingerprint density at radius 3 is 1.77 bits per heavy atom. The third kappa shape index (κ3) is 30.2. The fourth-order valence-corrected chi connectivity index (χ4v) is 18.0. The number of likely N-dealkylation sites (N-methyl/N-ethyl adjacent to an activating group) is 3. The minimum atomic E-state index is -2.10. The van der Waals surface area contributed by atoms with Gasteiger partial charge in [0.05, 0.1) is 37.9 Å². The molecule has 48 heteroatoms. The number of hydrogen-bond acceptors (Lipinski definition) is 25. The number of aliphatic carboxylic acids is 2. The number of benzene rings is 3. The van der Waals surface area contributed by atoms with Gasteiger partial charge in [0.1, 0.15) is 96.9 Å². The van der Waals surface area contributed by atoms with Crippen molar-refractivity contribution < 1.29 is 117 Å². The van der Waals surface area contributed by atoms with E-state index < -0.39 is 279 Å². The summed E-state index contributed by atoms with van der Waals surface area (Å²) in [6.45, 7) is 1.36. The lowest BCUT2D eigenvalue weighted by atomic mass is 10.00. The number of primary amides is 2. The molecule has 4 aliphatic heterocycles. The van der Waals surface area contributed by atoms with Crippen molar-refractivity contribution in [2.75, 3.05) is 65.4 Å². The maximum absolute atomic E-state index is 15.9. The molecule has 0 bridgehead atoms. The number of fused-ring (bicyclic) bond motifs is 4. The van der Waals surface area contributed by atoms with E-state index in [1.165, 1.54) is 81.7 Å². The fourth-order valence-electron chi connectivity index (χ4n) is 17.1. The topological polar surface area (TPSA) is 709 Å². The van der Waals surface area contributed by atoms with E-state index >= 15 is 33.6 Å². The lowest BCUT2D eigenvalue weighted by Crippen LogP contribution is -2.62. The van der Waals surface area contributed by atoms with Crippen molar-refractivity contribution in [3.8, 4) is 5.75 Å². The SMILES string of the molecule is CCCC[C@H]1C(=O)N(C)[C@@H](CCCC)C(=O)N[C@@H](CCCNC(=N)N)C(=O)N[C@H](C(=O)NCC(N)=O)CSCC(=O)N[C@@H](Cc2ccc(O)cc2)C(=O)N(C)[C@@H](C)C(=O)N[C@@H](CC(N)=O)C(=O)N2CCC[C@H]2C(=O)N[C@@H](CC2=CN=CC2)C(=O)N[C@@H](CC(=O)O)C(=O)N2C[C@H](O)C[C@H]2C(=O)N[C@@H](Cc2c[nH]c3ccccc23)C(=O)N[C@@H](CO)C(=O)N[C@@H](Cc2cn(CC(=O)O)c3ccccc23)C(=O)N1C. The third-order valence-corrected chi connectivity index (χ3v) is 25.7. The van der Waals surface area contributed by atoms with Crippen LogP contribution in [0.25, 0.3) is 21.8 Å². The summed E-state index contributed by atoms with van der Waals surface area (Å²) >= 11 is 0.728. The molecule has 0 radical (unpaired) electrons. The Morgan fingerprint density at radius 2 is 1.13 bits per heavy atom. The van der Waals surface area contributed by atoms with Crippen LogP contribution < -0.4 is 75.7 Å². The molecule has 3 aromatic carbocycles. The summed E-state index contributed by atoms with van der Waals surface area (Å²) in [5.74, 6) is -22.5. The molecule has 4 aliphatic rings. The van der Waals surface area contributed by atoms with Gasteiger partial charge in [-0.15, -0.1) is 11.8 Å². The van der Waals surface area contributed by atoms with E-state index in [0.717, 1.165) is 36.3 Å². The van der Waals surface area contributed by atoms with Gasteiger partial charge in [-0.1, -0.05) is 88.1 Å². The zero-order valence-corrected chi connectivity index (χ0v) is 79.4. The number of aromatic amines is 1. The first kappa shape index (κ1) is 109. The standard InChI is InChI=1S/C92H125N23O24S/c1-7-9-21-69-84(132)102-59(20-15-30-98-92(95)96)80(128)109-67(79(127)100-42-74(94)120)47-140-48-75(121)101-62(33-50-25-27-54(117)28-26-50)87(135)110(4)49(3)78(126)105-64(38-73(93)119)89(137)114-32-16-24-70(114)85(133)103-60(34-51-29-31-97-40-51)81(129)107-65(39-76(122)123)90(138)115-44-55(118)37-72(115)86(134)104-61(35-52-41-99-58-19-13-11-17-56(52)58)82(130)108-66(46-116)83(131)106-63(88(136)112(6)71(22-10-8-2)91(139)111(69)5)36-53-43-113(45-77(124)125)68-23-14-12-18-57(53)68/h11-14,17-19,23,25-28,31,40-41,43,49,55,59-67,69-72,99,116-118H,7-10,15-16,20-22,24,29-30,32-39,42,44-48H2,1-6H3,(H2,93,119)(H2,94,120)(H,100,127)(H,101,121)(H,102,132)(H,103,133)(H,104,134)(H,105,126)(H,106,131)(H,107,129)(H,108,130)(H,109,128)(H,122,123)(H,124,125)(H4,95,96,98)/t49-,55+,59-,60-,61-,62-,63-,64-,65-,66-,67-,69-,70-,71-,72-/m0/s1. The van der Waals surface area contributed by atoms with E-state index in [-0.39, 0.29) is 95.0 Å². The predicted molar refractivity (Wildman–Crippen MR) is 507 cm³/mol. The van der Waals surface area contributed by atoms with Crippen molar-refractivity contribution in [2.24, 2.45) is 22.2 Å². The maximum Gasteiger partial charge on any atom is 0.323 e. The minimum absolute atomic E-state index is 0.00512. The molecule has 3 saturated heterocycles. The number of amides is 17. The molecule has 17 amide bonds. The molecule has 3 fully saturated rings. The van der Waals surface area contributed by atoms with E-state index in [2.05, 4.69) is 68.5 Å². The van der Waals surface area contributed by atoms with Gasteiger partial charge in [-0.05, 0) is 98.4 Å². The molecular weight excluding hydrogens is 1840 g/mol. The Bertz CT molecular complexity index is 5480. The summed E-state index contributed by atoms with van der Waals surface area (Å²) in [7, 11) is 3.73. The van der Waals surface area contributed by atoms with Crippen molar-refractivity contribution in [3.05, 3.63) is 114 Å². The van der Waals surface area contributed by atoms with Gasteiger partial charge in [-0.25, -0.2) is 0 Å². The number of H-pyrrole nitrogens is 1. The lowest BCUT2D eigenvalue weighted by Gasteiger charge is -2.36. The molecule has 0 aliphatic carbocycles. The molecule has 5 aromatic rings. The first-order valence-electron chi connectivity index (χ1n) is 46.1. The fraction of sp³-hybridized carbons (Fsp3) is 0.511. The van der Waals surface area contributed by atoms with Crippen LogP contribution in [-0.4, -0.2) is 340 Å². The number of aliphatic hydroxyl groups is 2. The molecule has 0 spiro atoms. The number of hydrogen-bond donors (Lipinski definition) is 21. The highest BCUT2D eigenvalue weighted by molar-refractivity contribution is 8.00. The zero-order valence-electron chi connectivity index (χ0n) is 78.5. The molecule has 15 atom stereocenters. The molecule has 0 unspecified atom stereocenters. The van der Waals surface area contributed by atoms with E-state index in [4.69, 9.17) is 22.6 Å². The number of aromatic nitrogens is 2. The molecule has 2 aromatic heterocycles. The number of nitrogens with two attached hydrogens (primary N) is 3. The largest absolute Gasteiger partial charge is 0.508 e. The summed E-state index contributed by atoms with van der Waals surface area (Å²) < 4.78 is 1.38. The van der Waals surface area contributed by atoms with Crippen LogP contribution in [0.2, 0.25) is 0 Å². The number of carbonyl (C=O) groups excluding carboxylic acids is 17. The lowest BCUT2D eigenvalue weighted by molar-refractivity contribution is -0.149. The number of carboxylic acids is 2. The van der Waals surface area contributed by atoms with Crippen LogP contribution >= 0.6 is 11.8 Å². The molecule has 6 heterocycles. The summed E-state index contributed by atoms with van der Waals surface area (Å²) in [5, 5.41) is 90.3. The van der Waals surface area contributed by atoms with E-state index in [1.807, 2.05) is 0 Å². The second kappa shape index (κ2) is 51.7. The number of aromatic hydroxyl groups is 1. The van der Waals surface area contributed by atoms with Gasteiger partial charge >= 0.3 is 11.9 Å². The third-order valence-electron chi connectivity index (χ3n) is 24.7. The number of aliphatic hydroxyl groups excluding tert-OH is 2. The van der Waals surface area contributed by atoms with Crippen LogP contribution in [-0.2, 0) is 117 Å². The number of nitrogens with one attached hydrogen (secondary N) is 13. The van der Waals surface area contributed by atoms with Crippen LogP contribution in [0.3, 0.4) is 0 Å². The zero-order chi connectivity index (χ0) is 102. The number of nitrogens with zero attached hydrogens (tertiary/aromatic N) is 7. The predicted octanol–water partition coefficient (Wildman–Crippen LogP) is -4.16. The van der Waals surface area contributed by atoms with Crippen molar-refractivity contribution in [3.63, 3.8) is 0 Å². The van der Waals surface area contributed by atoms with Gasteiger partial charge < -0.3 is 135 Å². The van der Waals surface area contributed by atoms with Gasteiger partial charge in [0.25, 0.3) is 0 Å². The highest BCUT2D eigenvalue weighted by atomic mass is 32.2. The summed E-state index contributed by atoms with van der Waals surface area (Å²) in [6, 6.07) is -5.12. The Hall–Kier alpha value is -14.6.